The molecule has 0 aliphatic carbocycles. The van der Waals surface area contributed by atoms with Gasteiger partial charge in [0.05, 0.1) is 4.92 Å². The smallest absolute Gasteiger partial charge is 0.307 e. The Balaban J connectivity index is 2.42. The number of nitrogens with zero attached hydrogens (tertiary/aromatic N) is 5. The quantitative estimate of drug-likeness (QED) is 0.479. The maximum Gasteiger partial charge on any atom is 0.307 e. The fourth-order valence-corrected chi connectivity index (χ4v) is 2.17. The molecule has 13 heteroatoms. The first-order valence-corrected chi connectivity index (χ1v) is 6.81. The Morgan fingerprint density at radius 1 is 1.44 bits per heavy atom. The van der Waals surface area contributed by atoms with Gasteiger partial charge in [-0.1, -0.05) is 0 Å². The van der Waals surface area contributed by atoms with E-state index in [1.165, 1.54) is 0 Å². The molecule has 0 bridgehead atoms. The molecule has 0 fully saturated rings. The van der Waals surface area contributed by atoms with Gasteiger partial charge >= 0.3 is 5.69 Å². The van der Waals surface area contributed by atoms with E-state index in [-0.39, 0.29) is 5.01 Å². The topological polar surface area (TPSA) is 114 Å². The van der Waals surface area contributed by atoms with Gasteiger partial charge in [-0.05, 0) is 13.8 Å². The normalized spacial score (nSPS) is 21.2. The van der Waals surface area contributed by atoms with Crippen LogP contribution in [0.3, 0.4) is 0 Å². The molecular weight excluding hydrogens is 354 g/mol. The zero-order valence-corrected chi connectivity index (χ0v) is 12.9. The second-order valence-electron chi connectivity index (χ2n) is 5.82. The number of carbonyl (C=O) groups excluding carboxylic acids is 1. The van der Waals surface area contributed by atoms with Crippen LogP contribution >= 0.6 is 0 Å². The first-order valence-electron chi connectivity index (χ1n) is 6.81. The zero-order chi connectivity index (χ0) is 19.2. The summed E-state index contributed by atoms with van der Waals surface area (Å²) in [5.41, 5.74) is -6.60. The molecule has 1 amide bonds. The number of hydrogen-bond donors (Lipinski definition) is 1. The van der Waals surface area contributed by atoms with Crippen molar-refractivity contribution in [2.45, 2.75) is 44.4 Å². The van der Waals surface area contributed by atoms with E-state index >= 15 is 0 Å². The highest BCUT2D eigenvalue weighted by Crippen LogP contribution is 2.36. The van der Waals surface area contributed by atoms with Crippen LogP contribution in [0.5, 0.6) is 0 Å². The summed E-state index contributed by atoms with van der Waals surface area (Å²) >= 11 is 0. The van der Waals surface area contributed by atoms with Crippen LogP contribution in [0.15, 0.2) is 17.5 Å². The Bertz CT molecular complexity index is 735. The van der Waals surface area contributed by atoms with Crippen molar-refractivity contribution in [1.82, 2.24) is 14.8 Å². The van der Waals surface area contributed by atoms with Gasteiger partial charge in [0, 0.05) is 6.42 Å². The molecule has 2 rings (SSSR count). The molecule has 1 aliphatic rings. The highest BCUT2D eigenvalue weighted by atomic mass is 19.3. The van der Waals surface area contributed by atoms with Crippen LogP contribution in [0, 0.1) is 10.1 Å². The Morgan fingerprint density at radius 2 is 2.04 bits per heavy atom. The number of nitro groups is 1. The average molecular weight is 367 g/mol. The van der Waals surface area contributed by atoms with Gasteiger partial charge in [-0.15, -0.1) is 0 Å². The summed E-state index contributed by atoms with van der Waals surface area (Å²) in [5.74, 6) is -1.29. The molecular formula is C12H13F4N5O4. The Morgan fingerprint density at radius 3 is 2.48 bits per heavy atom. The maximum atomic E-state index is 13.2. The van der Waals surface area contributed by atoms with Crippen molar-refractivity contribution in [3.8, 4) is 0 Å². The molecule has 0 aromatic carbocycles. The molecule has 1 N–H and O–H groups in total. The maximum absolute atomic E-state index is 13.2. The lowest BCUT2D eigenvalue weighted by Gasteiger charge is -2.35. The average Bonchev–Trinajstić information content (AvgIpc) is 3.12. The third-order valence-corrected chi connectivity index (χ3v) is 3.71. The number of aromatic nitrogens is 2. The molecule has 9 nitrogen and oxygen atoms in total. The third-order valence-electron chi connectivity index (χ3n) is 3.71. The van der Waals surface area contributed by atoms with Gasteiger partial charge in [0.1, 0.15) is 23.6 Å². The van der Waals surface area contributed by atoms with Crippen LogP contribution in [0.25, 0.3) is 0 Å². The number of carbonyl (C=O) groups is 1. The van der Waals surface area contributed by atoms with E-state index in [1.54, 1.807) is 0 Å². The van der Waals surface area contributed by atoms with Gasteiger partial charge in [-0.25, -0.2) is 17.6 Å². The minimum absolute atomic E-state index is 0.104. The first-order chi connectivity index (χ1) is 11.4. The van der Waals surface area contributed by atoms with Gasteiger partial charge in [0.15, 0.2) is 0 Å². The van der Waals surface area contributed by atoms with Crippen LogP contribution in [-0.2, 0) is 10.3 Å². The predicted molar refractivity (Wildman–Crippen MR) is 74.1 cm³/mol. The number of aliphatic hydroxyl groups is 1. The summed E-state index contributed by atoms with van der Waals surface area (Å²) in [6.45, 7) is 2.32. The van der Waals surface area contributed by atoms with Crippen molar-refractivity contribution in [1.29, 1.82) is 0 Å². The Kier molecular flexibility index (Phi) is 4.55. The number of halogens is 4. The molecule has 1 aromatic rings. The van der Waals surface area contributed by atoms with Crippen LogP contribution in [0.4, 0.5) is 23.2 Å². The van der Waals surface area contributed by atoms with Gasteiger partial charge in [0.25, 0.3) is 18.8 Å². The van der Waals surface area contributed by atoms with Crippen molar-refractivity contribution >= 4 is 17.3 Å². The van der Waals surface area contributed by atoms with Crippen LogP contribution in [0.1, 0.15) is 20.3 Å². The number of hydrogen-bond acceptors (Lipinski definition) is 6. The molecule has 1 atom stereocenters. The lowest BCUT2D eigenvalue weighted by Crippen LogP contribution is -2.57. The molecule has 1 aliphatic heterocycles. The van der Waals surface area contributed by atoms with Crippen molar-refractivity contribution < 1.29 is 32.4 Å². The van der Waals surface area contributed by atoms with E-state index in [9.17, 15) is 37.6 Å². The van der Waals surface area contributed by atoms with Crippen LogP contribution in [-0.4, -0.2) is 55.0 Å². The predicted octanol–water partition coefficient (Wildman–Crippen LogP) is 1.33. The Hall–Kier alpha value is -2.57. The molecule has 0 saturated carbocycles. The van der Waals surface area contributed by atoms with Gasteiger partial charge in [0.2, 0.25) is 5.72 Å². The minimum atomic E-state index is -3.57. The largest absolute Gasteiger partial charge is 0.364 e. The van der Waals surface area contributed by atoms with Crippen molar-refractivity contribution in [2.75, 3.05) is 0 Å². The Labute approximate surface area is 137 Å². The summed E-state index contributed by atoms with van der Waals surface area (Å²) in [6, 6.07) is 0. The van der Waals surface area contributed by atoms with E-state index < -0.39 is 52.8 Å². The van der Waals surface area contributed by atoms with Crippen molar-refractivity contribution in [3.63, 3.8) is 0 Å². The molecule has 0 unspecified atom stereocenters. The summed E-state index contributed by atoms with van der Waals surface area (Å²) in [4.78, 5) is 22.5. The summed E-state index contributed by atoms with van der Waals surface area (Å²) in [7, 11) is 0. The number of rotatable bonds is 5. The fraction of sp³-hybridized carbons (Fsp3) is 0.583. The molecule has 138 valence electrons. The molecule has 0 spiro atoms. The standard InChI is InChI=1S/C12H13F4N5O4/c1-11(2,19-5-6(4-17-19)21(24)25)10(22)20-12(23,9(15)16)3-7(18-20)8(13)14/h4-5,8-9,23H,3H2,1-2H3/t12-/m1/s1. The van der Waals surface area contributed by atoms with Crippen LogP contribution in [0.2, 0.25) is 0 Å². The lowest BCUT2D eigenvalue weighted by molar-refractivity contribution is -0.385. The summed E-state index contributed by atoms with van der Waals surface area (Å²) in [5, 5.41) is 27.3. The second-order valence-corrected chi connectivity index (χ2v) is 5.82. The van der Waals surface area contributed by atoms with E-state index in [0.717, 1.165) is 30.9 Å². The van der Waals surface area contributed by atoms with Gasteiger partial charge < -0.3 is 5.11 Å². The fourth-order valence-electron chi connectivity index (χ4n) is 2.17. The van der Waals surface area contributed by atoms with E-state index in [2.05, 4.69) is 10.2 Å². The van der Waals surface area contributed by atoms with Crippen molar-refractivity contribution in [3.05, 3.63) is 22.5 Å². The zero-order valence-electron chi connectivity index (χ0n) is 12.9. The van der Waals surface area contributed by atoms with E-state index in [1.807, 2.05) is 0 Å². The molecule has 2 heterocycles. The number of hydrazone groups is 1. The van der Waals surface area contributed by atoms with E-state index in [0.29, 0.717) is 0 Å². The van der Waals surface area contributed by atoms with Gasteiger partial charge in [-0.2, -0.15) is 15.2 Å². The summed E-state index contributed by atoms with van der Waals surface area (Å²) < 4.78 is 52.8. The monoisotopic (exact) mass is 367 g/mol. The highest BCUT2D eigenvalue weighted by Gasteiger charge is 2.56. The molecule has 1 aromatic heterocycles. The molecule has 25 heavy (non-hydrogen) atoms. The third kappa shape index (κ3) is 3.06. The highest BCUT2D eigenvalue weighted by molar-refractivity contribution is 5.94. The molecule has 0 radical (unpaired) electrons. The van der Waals surface area contributed by atoms with Crippen molar-refractivity contribution in [2.24, 2.45) is 5.10 Å². The minimum Gasteiger partial charge on any atom is -0.364 e. The molecule has 0 saturated heterocycles. The van der Waals surface area contributed by atoms with Crippen LogP contribution < -0.4 is 0 Å². The lowest BCUT2D eigenvalue weighted by atomic mass is 10.0. The first kappa shape index (κ1) is 18.8. The second kappa shape index (κ2) is 6.06. The van der Waals surface area contributed by atoms with E-state index in [4.69, 9.17) is 0 Å². The number of alkyl halides is 4. The number of amides is 1. The van der Waals surface area contributed by atoms with Gasteiger partial charge in [-0.3, -0.25) is 19.6 Å². The summed E-state index contributed by atoms with van der Waals surface area (Å²) in [6.07, 6.45) is -6.33. The SMILES string of the molecule is CC(C)(C(=O)N1N=C(C(F)F)C[C@@]1(O)C(F)F)n1cc([N+](=O)[O-])cn1.